The molecule has 0 fully saturated rings. The van der Waals surface area contributed by atoms with E-state index in [-0.39, 0.29) is 5.91 Å². The van der Waals surface area contributed by atoms with Gasteiger partial charge in [-0.15, -0.1) is 0 Å². The van der Waals surface area contributed by atoms with E-state index < -0.39 is 0 Å². The molecule has 0 spiro atoms. The second kappa shape index (κ2) is 10.3. The first-order valence-electron chi connectivity index (χ1n) is 9.39. The van der Waals surface area contributed by atoms with Crippen LogP contribution in [0.4, 0.5) is 0 Å². The van der Waals surface area contributed by atoms with Gasteiger partial charge in [-0.25, -0.2) is 0 Å². The minimum absolute atomic E-state index is 0.146. The highest BCUT2D eigenvalue weighted by Crippen LogP contribution is 2.21. The van der Waals surface area contributed by atoms with Gasteiger partial charge in [0.25, 0.3) is 5.91 Å². The Labute approximate surface area is 171 Å². The quantitative estimate of drug-likeness (QED) is 0.589. The van der Waals surface area contributed by atoms with E-state index in [4.69, 9.17) is 14.2 Å². The molecule has 0 bridgehead atoms. The highest BCUT2D eigenvalue weighted by atomic mass is 16.5. The zero-order valence-electron chi connectivity index (χ0n) is 16.7. The number of hydrogen-bond donors (Lipinski definition) is 1. The number of methoxy groups -OCH3 is 2. The van der Waals surface area contributed by atoms with Gasteiger partial charge in [0.05, 0.1) is 27.4 Å². The van der Waals surface area contributed by atoms with Gasteiger partial charge < -0.3 is 19.5 Å². The third kappa shape index (κ3) is 5.83. The van der Waals surface area contributed by atoms with Crippen molar-refractivity contribution in [1.82, 2.24) is 5.32 Å². The van der Waals surface area contributed by atoms with E-state index in [9.17, 15) is 4.79 Å². The smallest absolute Gasteiger partial charge is 0.251 e. The SMILES string of the molecule is COc1ccc(CNC(=O)c2ccc(OC)c(COCc3ccccc3)c2)cc1. The minimum atomic E-state index is -0.146. The van der Waals surface area contributed by atoms with E-state index in [0.717, 1.165) is 22.4 Å². The largest absolute Gasteiger partial charge is 0.497 e. The highest BCUT2D eigenvalue weighted by Gasteiger charge is 2.11. The number of nitrogens with one attached hydrogen (secondary N) is 1. The molecular formula is C24H25NO4. The first-order chi connectivity index (χ1) is 14.2. The molecule has 0 radical (unpaired) electrons. The molecule has 5 heteroatoms. The molecule has 1 amide bonds. The van der Waals surface area contributed by atoms with Crippen LogP contribution >= 0.6 is 0 Å². The second-order valence-electron chi connectivity index (χ2n) is 6.54. The van der Waals surface area contributed by atoms with Gasteiger partial charge in [-0.05, 0) is 41.5 Å². The lowest BCUT2D eigenvalue weighted by Crippen LogP contribution is -2.23. The third-order valence-electron chi connectivity index (χ3n) is 4.52. The molecule has 0 atom stereocenters. The molecule has 0 saturated heterocycles. The van der Waals surface area contributed by atoms with Gasteiger partial charge in [-0.1, -0.05) is 42.5 Å². The van der Waals surface area contributed by atoms with Crippen LogP contribution in [-0.4, -0.2) is 20.1 Å². The Bertz CT molecular complexity index is 923. The Kier molecular flexibility index (Phi) is 7.25. The van der Waals surface area contributed by atoms with Crippen molar-refractivity contribution >= 4 is 5.91 Å². The highest BCUT2D eigenvalue weighted by molar-refractivity contribution is 5.94. The van der Waals surface area contributed by atoms with Crippen LogP contribution in [0, 0.1) is 0 Å². The van der Waals surface area contributed by atoms with E-state index in [2.05, 4.69) is 5.32 Å². The molecule has 0 unspecified atom stereocenters. The molecule has 0 aliphatic carbocycles. The molecule has 0 aliphatic rings. The molecular weight excluding hydrogens is 366 g/mol. The lowest BCUT2D eigenvalue weighted by atomic mass is 10.1. The molecule has 0 aromatic heterocycles. The first-order valence-corrected chi connectivity index (χ1v) is 9.39. The van der Waals surface area contributed by atoms with Crippen molar-refractivity contribution in [2.75, 3.05) is 14.2 Å². The summed E-state index contributed by atoms with van der Waals surface area (Å²) in [5, 5.41) is 2.94. The minimum Gasteiger partial charge on any atom is -0.497 e. The number of benzene rings is 3. The predicted octanol–water partition coefficient (Wildman–Crippen LogP) is 4.35. The van der Waals surface area contributed by atoms with E-state index in [1.165, 1.54) is 0 Å². The fourth-order valence-corrected chi connectivity index (χ4v) is 2.91. The molecule has 150 valence electrons. The summed E-state index contributed by atoms with van der Waals surface area (Å²) >= 11 is 0. The molecule has 0 saturated carbocycles. The maximum Gasteiger partial charge on any atom is 0.251 e. The predicted molar refractivity (Wildman–Crippen MR) is 112 cm³/mol. The van der Waals surface area contributed by atoms with Crippen LogP contribution in [0.15, 0.2) is 72.8 Å². The van der Waals surface area contributed by atoms with Crippen LogP contribution in [0.5, 0.6) is 11.5 Å². The fraction of sp³-hybridized carbons (Fsp3) is 0.208. The molecule has 29 heavy (non-hydrogen) atoms. The number of ether oxygens (including phenoxy) is 3. The van der Waals surface area contributed by atoms with E-state index in [0.29, 0.717) is 31.1 Å². The standard InChI is InChI=1S/C24H25NO4/c1-27-22-11-8-18(9-12-22)15-25-24(26)20-10-13-23(28-2)21(14-20)17-29-16-19-6-4-3-5-7-19/h3-14H,15-17H2,1-2H3,(H,25,26). The van der Waals surface area contributed by atoms with Gasteiger partial charge >= 0.3 is 0 Å². The third-order valence-corrected chi connectivity index (χ3v) is 4.52. The molecule has 0 aliphatic heterocycles. The van der Waals surface area contributed by atoms with Gasteiger partial charge in [0, 0.05) is 17.7 Å². The van der Waals surface area contributed by atoms with Crippen molar-refractivity contribution < 1.29 is 19.0 Å². The Balaban J connectivity index is 1.60. The van der Waals surface area contributed by atoms with Gasteiger partial charge in [0.15, 0.2) is 0 Å². The van der Waals surface area contributed by atoms with Crippen LogP contribution < -0.4 is 14.8 Å². The molecule has 3 aromatic carbocycles. The Morgan fingerprint density at radius 2 is 1.59 bits per heavy atom. The summed E-state index contributed by atoms with van der Waals surface area (Å²) in [5.74, 6) is 1.34. The maximum atomic E-state index is 12.6. The fourth-order valence-electron chi connectivity index (χ4n) is 2.91. The Hall–Kier alpha value is -3.31. The van der Waals surface area contributed by atoms with Gasteiger partial charge in [-0.2, -0.15) is 0 Å². The number of carbonyl (C=O) groups is 1. The van der Waals surface area contributed by atoms with Crippen LogP contribution in [-0.2, 0) is 24.5 Å². The number of carbonyl (C=O) groups excluding carboxylic acids is 1. The second-order valence-corrected chi connectivity index (χ2v) is 6.54. The molecule has 3 rings (SSSR count). The van der Waals surface area contributed by atoms with Crippen molar-refractivity contribution in [2.24, 2.45) is 0 Å². The number of amides is 1. The summed E-state index contributed by atoms with van der Waals surface area (Å²) < 4.78 is 16.4. The lowest BCUT2D eigenvalue weighted by molar-refractivity contribution is 0.0948. The Morgan fingerprint density at radius 3 is 2.28 bits per heavy atom. The monoisotopic (exact) mass is 391 g/mol. The first kappa shape index (κ1) is 20.4. The average molecular weight is 391 g/mol. The summed E-state index contributed by atoms with van der Waals surface area (Å²) in [4.78, 5) is 12.6. The van der Waals surface area contributed by atoms with Gasteiger partial charge in [0.1, 0.15) is 11.5 Å². The molecule has 5 nitrogen and oxygen atoms in total. The Morgan fingerprint density at radius 1 is 0.828 bits per heavy atom. The zero-order chi connectivity index (χ0) is 20.5. The average Bonchev–Trinajstić information content (AvgIpc) is 2.78. The van der Waals surface area contributed by atoms with Gasteiger partial charge in [-0.3, -0.25) is 4.79 Å². The summed E-state index contributed by atoms with van der Waals surface area (Å²) in [6.07, 6.45) is 0. The van der Waals surface area contributed by atoms with Crippen molar-refractivity contribution in [2.45, 2.75) is 19.8 Å². The summed E-state index contributed by atoms with van der Waals surface area (Å²) in [5.41, 5.74) is 3.50. The topological polar surface area (TPSA) is 56.8 Å². The van der Waals surface area contributed by atoms with Gasteiger partial charge in [0.2, 0.25) is 0 Å². The van der Waals surface area contributed by atoms with Crippen LogP contribution in [0.1, 0.15) is 27.0 Å². The summed E-state index contributed by atoms with van der Waals surface area (Å²) in [6.45, 7) is 1.30. The zero-order valence-corrected chi connectivity index (χ0v) is 16.7. The summed E-state index contributed by atoms with van der Waals surface area (Å²) in [6, 6.07) is 22.9. The van der Waals surface area contributed by atoms with Crippen molar-refractivity contribution in [3.63, 3.8) is 0 Å². The van der Waals surface area contributed by atoms with Crippen LogP contribution in [0.3, 0.4) is 0 Å². The molecule has 1 N–H and O–H groups in total. The van der Waals surface area contributed by atoms with E-state index in [1.54, 1.807) is 26.4 Å². The van der Waals surface area contributed by atoms with Crippen LogP contribution in [0.2, 0.25) is 0 Å². The molecule has 3 aromatic rings. The van der Waals surface area contributed by atoms with Crippen LogP contribution in [0.25, 0.3) is 0 Å². The number of hydrogen-bond acceptors (Lipinski definition) is 4. The maximum absolute atomic E-state index is 12.6. The summed E-state index contributed by atoms with van der Waals surface area (Å²) in [7, 11) is 3.24. The molecule has 0 heterocycles. The normalized spacial score (nSPS) is 10.4. The van der Waals surface area contributed by atoms with Crippen molar-refractivity contribution in [3.8, 4) is 11.5 Å². The van der Waals surface area contributed by atoms with Crippen molar-refractivity contribution in [3.05, 3.63) is 95.1 Å². The van der Waals surface area contributed by atoms with E-state index >= 15 is 0 Å². The number of rotatable bonds is 9. The lowest BCUT2D eigenvalue weighted by Gasteiger charge is -2.12. The van der Waals surface area contributed by atoms with E-state index in [1.807, 2.05) is 60.7 Å². The van der Waals surface area contributed by atoms with Crippen molar-refractivity contribution in [1.29, 1.82) is 0 Å².